The number of nitrogens with one attached hydrogen (secondary N) is 1. The maximum absolute atomic E-state index is 13.4. The smallest absolute Gasteiger partial charge is 0.244 e. The first-order valence-electron chi connectivity index (χ1n) is 10.1. The molecule has 3 atom stereocenters. The van der Waals surface area contributed by atoms with Gasteiger partial charge in [-0.05, 0) is 55.0 Å². The second-order valence-electron chi connectivity index (χ2n) is 7.86. The van der Waals surface area contributed by atoms with Crippen molar-refractivity contribution in [1.29, 1.82) is 0 Å². The predicted octanol–water partition coefficient (Wildman–Crippen LogP) is 3.46. The molecule has 1 N–H and O–H groups in total. The molecule has 1 amide bonds. The highest BCUT2D eigenvalue weighted by atomic mass is 32.2. The zero-order valence-corrected chi connectivity index (χ0v) is 16.9. The van der Waals surface area contributed by atoms with E-state index in [0.29, 0.717) is 6.42 Å². The lowest BCUT2D eigenvalue weighted by Crippen LogP contribution is -2.49. The Morgan fingerprint density at radius 1 is 1.03 bits per heavy atom. The van der Waals surface area contributed by atoms with Crippen LogP contribution in [-0.4, -0.2) is 30.7 Å². The van der Waals surface area contributed by atoms with Gasteiger partial charge in [-0.1, -0.05) is 43.2 Å². The predicted molar refractivity (Wildman–Crippen MR) is 108 cm³/mol. The van der Waals surface area contributed by atoms with Crippen molar-refractivity contribution in [3.63, 3.8) is 0 Å². The van der Waals surface area contributed by atoms with Gasteiger partial charge in [0.1, 0.15) is 11.9 Å². The van der Waals surface area contributed by atoms with Gasteiger partial charge in [-0.25, -0.2) is 12.8 Å². The SMILES string of the molecule is O=C(NCc1ccc(F)cc1)[C@@H]1C[C@H]2CCCC[C@@H]2N1S(=O)(=O)c1ccccc1. The summed E-state index contributed by atoms with van der Waals surface area (Å²) in [5.74, 6) is -0.410. The van der Waals surface area contributed by atoms with Crippen LogP contribution in [0.4, 0.5) is 4.39 Å². The highest BCUT2D eigenvalue weighted by molar-refractivity contribution is 7.89. The number of halogens is 1. The van der Waals surface area contributed by atoms with E-state index >= 15 is 0 Å². The molecule has 0 spiro atoms. The van der Waals surface area contributed by atoms with Gasteiger partial charge in [-0.15, -0.1) is 0 Å². The molecule has 2 aromatic carbocycles. The van der Waals surface area contributed by atoms with Crippen molar-refractivity contribution in [2.45, 2.75) is 55.6 Å². The Morgan fingerprint density at radius 2 is 1.72 bits per heavy atom. The molecule has 1 saturated carbocycles. The van der Waals surface area contributed by atoms with Gasteiger partial charge in [0.15, 0.2) is 0 Å². The van der Waals surface area contributed by atoms with Gasteiger partial charge >= 0.3 is 0 Å². The molecule has 0 aromatic heterocycles. The average molecular weight is 417 g/mol. The van der Waals surface area contributed by atoms with Crippen LogP contribution in [0.3, 0.4) is 0 Å². The van der Waals surface area contributed by atoms with Crippen LogP contribution in [0.5, 0.6) is 0 Å². The van der Waals surface area contributed by atoms with E-state index in [9.17, 15) is 17.6 Å². The number of rotatable bonds is 5. The molecule has 1 saturated heterocycles. The molecular weight excluding hydrogens is 391 g/mol. The molecule has 1 aliphatic heterocycles. The molecule has 0 bridgehead atoms. The minimum absolute atomic E-state index is 0.129. The van der Waals surface area contributed by atoms with Crippen molar-refractivity contribution in [2.75, 3.05) is 0 Å². The Kier molecular flexibility index (Phi) is 5.69. The first-order chi connectivity index (χ1) is 14.0. The fourth-order valence-electron chi connectivity index (χ4n) is 4.61. The monoisotopic (exact) mass is 416 g/mol. The summed E-state index contributed by atoms with van der Waals surface area (Å²) < 4.78 is 41.4. The lowest BCUT2D eigenvalue weighted by Gasteiger charge is -2.32. The van der Waals surface area contributed by atoms with Crippen LogP contribution in [0.1, 0.15) is 37.7 Å². The largest absolute Gasteiger partial charge is 0.351 e. The fraction of sp³-hybridized carbons (Fsp3) is 0.409. The lowest BCUT2D eigenvalue weighted by atomic mass is 9.85. The summed E-state index contributed by atoms with van der Waals surface area (Å²) in [7, 11) is -3.77. The van der Waals surface area contributed by atoms with E-state index in [4.69, 9.17) is 0 Å². The molecule has 7 heteroatoms. The quantitative estimate of drug-likeness (QED) is 0.812. The molecule has 2 aliphatic rings. The molecule has 0 radical (unpaired) electrons. The maximum atomic E-state index is 13.4. The number of benzene rings is 2. The van der Waals surface area contributed by atoms with Gasteiger partial charge in [0.2, 0.25) is 15.9 Å². The Balaban J connectivity index is 1.58. The van der Waals surface area contributed by atoms with Gasteiger partial charge in [-0.3, -0.25) is 4.79 Å². The van der Waals surface area contributed by atoms with Crippen molar-refractivity contribution in [1.82, 2.24) is 9.62 Å². The third-order valence-corrected chi connectivity index (χ3v) is 7.98. The summed E-state index contributed by atoms with van der Waals surface area (Å²) in [6.07, 6.45) is 4.34. The van der Waals surface area contributed by atoms with E-state index in [1.54, 1.807) is 42.5 Å². The van der Waals surface area contributed by atoms with Crippen LogP contribution in [0.15, 0.2) is 59.5 Å². The lowest BCUT2D eigenvalue weighted by molar-refractivity contribution is -0.124. The number of carbonyl (C=O) groups excluding carboxylic acids is 1. The van der Waals surface area contributed by atoms with Gasteiger partial charge in [0.25, 0.3) is 0 Å². The van der Waals surface area contributed by atoms with Crippen molar-refractivity contribution in [2.24, 2.45) is 5.92 Å². The van der Waals surface area contributed by atoms with E-state index in [2.05, 4.69) is 5.32 Å². The molecule has 29 heavy (non-hydrogen) atoms. The molecule has 1 heterocycles. The van der Waals surface area contributed by atoms with Crippen LogP contribution < -0.4 is 5.32 Å². The van der Waals surface area contributed by atoms with E-state index in [1.165, 1.54) is 16.4 Å². The normalized spacial score (nSPS) is 24.8. The zero-order chi connectivity index (χ0) is 20.4. The third-order valence-electron chi connectivity index (χ3n) is 6.03. The second kappa shape index (κ2) is 8.24. The Bertz CT molecular complexity index is 963. The minimum atomic E-state index is -3.77. The Morgan fingerprint density at radius 3 is 2.45 bits per heavy atom. The minimum Gasteiger partial charge on any atom is -0.351 e. The number of carbonyl (C=O) groups is 1. The van der Waals surface area contributed by atoms with Crippen molar-refractivity contribution in [3.05, 3.63) is 66.0 Å². The highest BCUT2D eigenvalue weighted by Crippen LogP contribution is 2.42. The van der Waals surface area contributed by atoms with Crippen LogP contribution in [-0.2, 0) is 21.4 Å². The summed E-state index contributed by atoms with van der Waals surface area (Å²) in [6, 6.07) is 13.4. The fourth-order valence-corrected chi connectivity index (χ4v) is 6.51. The summed E-state index contributed by atoms with van der Waals surface area (Å²) >= 11 is 0. The molecule has 2 fully saturated rings. The molecule has 5 nitrogen and oxygen atoms in total. The standard InChI is InChI=1S/C22H25FN2O3S/c23-18-12-10-16(11-13-18)15-24-22(26)21-14-17-6-4-5-9-20(17)25(21)29(27,28)19-7-2-1-3-8-19/h1-3,7-8,10-13,17,20-21H,4-6,9,14-15H2,(H,24,26)/t17-,20+,21+/m1/s1. The highest BCUT2D eigenvalue weighted by Gasteiger charge is 2.50. The van der Waals surface area contributed by atoms with Gasteiger partial charge in [0, 0.05) is 12.6 Å². The van der Waals surface area contributed by atoms with Gasteiger partial charge in [-0.2, -0.15) is 4.31 Å². The number of fused-ring (bicyclic) bond motifs is 1. The second-order valence-corrected chi connectivity index (χ2v) is 9.70. The molecule has 0 unspecified atom stereocenters. The van der Waals surface area contributed by atoms with Crippen molar-refractivity contribution in [3.8, 4) is 0 Å². The van der Waals surface area contributed by atoms with Crippen molar-refractivity contribution < 1.29 is 17.6 Å². The maximum Gasteiger partial charge on any atom is 0.244 e. The van der Waals surface area contributed by atoms with E-state index < -0.39 is 16.1 Å². The third kappa shape index (κ3) is 4.07. The topological polar surface area (TPSA) is 66.5 Å². The number of amides is 1. The zero-order valence-electron chi connectivity index (χ0n) is 16.1. The summed E-state index contributed by atoms with van der Waals surface area (Å²) in [5.41, 5.74) is 0.771. The Labute approximate surface area is 171 Å². The first-order valence-corrected chi connectivity index (χ1v) is 11.5. The molecule has 2 aromatic rings. The summed E-state index contributed by atoms with van der Waals surface area (Å²) in [5, 5.41) is 2.86. The van der Waals surface area contributed by atoms with E-state index in [1.807, 2.05) is 0 Å². The molecule has 1 aliphatic carbocycles. The number of sulfonamides is 1. The average Bonchev–Trinajstić information content (AvgIpc) is 3.14. The van der Waals surface area contributed by atoms with E-state index in [0.717, 1.165) is 31.2 Å². The van der Waals surface area contributed by atoms with Crippen molar-refractivity contribution >= 4 is 15.9 Å². The molecule has 4 rings (SSSR count). The van der Waals surface area contributed by atoms with Crippen LogP contribution in [0.2, 0.25) is 0 Å². The van der Waals surface area contributed by atoms with Gasteiger partial charge in [0.05, 0.1) is 4.90 Å². The molecular formula is C22H25FN2O3S. The van der Waals surface area contributed by atoms with Crippen LogP contribution in [0, 0.1) is 11.7 Å². The number of hydrogen-bond acceptors (Lipinski definition) is 3. The summed E-state index contributed by atoms with van der Waals surface area (Å²) in [4.78, 5) is 13.3. The number of nitrogens with zero attached hydrogens (tertiary/aromatic N) is 1. The number of hydrogen-bond donors (Lipinski definition) is 1. The van der Waals surface area contributed by atoms with Crippen LogP contribution >= 0.6 is 0 Å². The summed E-state index contributed by atoms with van der Waals surface area (Å²) in [6.45, 7) is 0.240. The van der Waals surface area contributed by atoms with Crippen LogP contribution in [0.25, 0.3) is 0 Å². The van der Waals surface area contributed by atoms with E-state index in [-0.39, 0.29) is 35.1 Å². The Hall–Kier alpha value is -2.25. The first kappa shape index (κ1) is 20.0. The molecule has 154 valence electrons. The van der Waals surface area contributed by atoms with Gasteiger partial charge < -0.3 is 5.32 Å².